The Balaban J connectivity index is 1.63. The normalized spacial score (nSPS) is 13.9. The highest BCUT2D eigenvalue weighted by Gasteiger charge is 2.22. The number of anilines is 2. The third-order valence-corrected chi connectivity index (χ3v) is 6.20. The van der Waals surface area contributed by atoms with Crippen LogP contribution < -0.4 is 16.2 Å². The van der Waals surface area contributed by atoms with Crippen LogP contribution in [0.3, 0.4) is 0 Å². The van der Waals surface area contributed by atoms with E-state index in [2.05, 4.69) is 38.8 Å². The zero-order valence-corrected chi connectivity index (χ0v) is 20.0. The first-order valence-electron chi connectivity index (χ1n) is 11.7. The van der Waals surface area contributed by atoms with Crippen molar-refractivity contribution in [1.29, 1.82) is 0 Å². The van der Waals surface area contributed by atoms with Gasteiger partial charge in [0.15, 0.2) is 5.82 Å². The summed E-state index contributed by atoms with van der Waals surface area (Å²) in [6, 6.07) is 13.6. The van der Waals surface area contributed by atoms with Gasteiger partial charge in [0.05, 0.1) is 16.6 Å². The van der Waals surface area contributed by atoms with Crippen LogP contribution in [0.15, 0.2) is 53.5 Å². The maximum absolute atomic E-state index is 13.3. The van der Waals surface area contributed by atoms with Crippen molar-refractivity contribution in [3.05, 3.63) is 75.8 Å². The average molecular weight is 459 g/mol. The van der Waals surface area contributed by atoms with Gasteiger partial charge in [-0.1, -0.05) is 12.1 Å². The van der Waals surface area contributed by atoms with Crippen LogP contribution in [-0.2, 0) is 18.6 Å². The highest BCUT2D eigenvalue weighted by molar-refractivity contribution is 5.82. The zero-order valence-electron chi connectivity index (χ0n) is 20.0. The highest BCUT2D eigenvalue weighted by atomic mass is 16.3. The molecule has 4 heterocycles. The smallest absolute Gasteiger partial charge is 0.276 e. The van der Waals surface area contributed by atoms with Crippen LogP contribution in [0.4, 0.5) is 11.5 Å². The molecular formula is C26H30N6O2. The molecule has 1 aliphatic rings. The van der Waals surface area contributed by atoms with Crippen molar-refractivity contribution in [2.24, 2.45) is 0 Å². The van der Waals surface area contributed by atoms with Crippen molar-refractivity contribution in [2.45, 2.75) is 52.3 Å². The largest absolute Gasteiger partial charge is 0.384 e. The highest BCUT2D eigenvalue weighted by Crippen LogP contribution is 2.26. The molecule has 0 atom stereocenters. The van der Waals surface area contributed by atoms with E-state index in [1.54, 1.807) is 30.8 Å². The van der Waals surface area contributed by atoms with E-state index >= 15 is 0 Å². The molecule has 1 aliphatic heterocycles. The van der Waals surface area contributed by atoms with Gasteiger partial charge >= 0.3 is 0 Å². The monoisotopic (exact) mass is 458 g/mol. The van der Waals surface area contributed by atoms with Crippen LogP contribution >= 0.6 is 0 Å². The molecule has 176 valence electrons. The van der Waals surface area contributed by atoms with E-state index in [1.807, 2.05) is 36.7 Å². The Morgan fingerprint density at radius 3 is 2.74 bits per heavy atom. The van der Waals surface area contributed by atoms with E-state index in [4.69, 9.17) is 0 Å². The first-order valence-corrected chi connectivity index (χ1v) is 11.7. The molecule has 0 saturated carbocycles. The van der Waals surface area contributed by atoms with Gasteiger partial charge in [-0.15, -0.1) is 0 Å². The second-order valence-corrected chi connectivity index (χ2v) is 9.62. The Hall–Kier alpha value is -3.49. The van der Waals surface area contributed by atoms with E-state index in [-0.39, 0.29) is 11.6 Å². The predicted molar refractivity (Wildman–Crippen MR) is 134 cm³/mol. The minimum atomic E-state index is -1.10. The number of nitrogens with zero attached hydrogens (tertiary/aromatic N) is 4. The van der Waals surface area contributed by atoms with E-state index in [0.717, 1.165) is 25.2 Å². The average Bonchev–Trinajstić information content (AvgIpc) is 3.10. The molecule has 0 spiro atoms. The summed E-state index contributed by atoms with van der Waals surface area (Å²) in [4.78, 5) is 22.5. The lowest BCUT2D eigenvalue weighted by Gasteiger charge is -2.20. The summed E-state index contributed by atoms with van der Waals surface area (Å²) in [6.07, 6.45) is 2.65. The minimum absolute atomic E-state index is 0.1000. The van der Waals surface area contributed by atoms with Crippen LogP contribution in [0.25, 0.3) is 16.7 Å². The predicted octanol–water partition coefficient (Wildman–Crippen LogP) is 3.78. The quantitative estimate of drug-likeness (QED) is 0.421. The van der Waals surface area contributed by atoms with Crippen LogP contribution in [0, 0.1) is 0 Å². The van der Waals surface area contributed by atoms with Crippen molar-refractivity contribution < 1.29 is 5.11 Å². The lowest BCUT2D eigenvalue weighted by molar-refractivity contribution is 0.0738. The second kappa shape index (κ2) is 8.38. The molecule has 4 aromatic rings. The van der Waals surface area contributed by atoms with Crippen LogP contribution in [0.2, 0.25) is 0 Å². The summed E-state index contributed by atoms with van der Waals surface area (Å²) in [6.45, 7) is 9.18. The van der Waals surface area contributed by atoms with E-state index in [0.29, 0.717) is 28.2 Å². The second-order valence-electron chi connectivity index (χ2n) is 9.62. The summed E-state index contributed by atoms with van der Waals surface area (Å²) in [5, 5.41) is 17.8. The first-order chi connectivity index (χ1) is 16.2. The zero-order chi connectivity index (χ0) is 24.0. The fraction of sp³-hybridized carbons (Fsp3) is 0.346. The van der Waals surface area contributed by atoms with Gasteiger partial charge in [-0.05, 0) is 76.1 Å². The Morgan fingerprint density at radius 2 is 1.97 bits per heavy atom. The lowest BCUT2D eigenvalue weighted by Crippen LogP contribution is -2.25. The van der Waals surface area contributed by atoms with E-state index in [1.165, 1.54) is 11.1 Å². The fourth-order valence-corrected chi connectivity index (χ4v) is 4.47. The van der Waals surface area contributed by atoms with Gasteiger partial charge in [0.1, 0.15) is 11.4 Å². The van der Waals surface area contributed by atoms with Gasteiger partial charge in [0.25, 0.3) is 5.56 Å². The first kappa shape index (κ1) is 22.3. The molecule has 0 bridgehead atoms. The maximum Gasteiger partial charge on any atom is 0.276 e. The number of fused-ring (bicyclic) bond motifs is 2. The molecule has 3 aromatic heterocycles. The molecule has 8 heteroatoms. The standard InChI is InChI=1S/C26H30N6O2/c1-16(2)31-25(33)20-15-28-23(29-19-9-8-17-10-11-27-14-18(17)12-19)13-21(20)32(31)24-7-5-6-22(30-24)26(3,4)34/h5-9,12-13,15-16,27,34H,10-11,14H2,1-4H3,(H,28,29). The third-order valence-electron chi connectivity index (χ3n) is 6.20. The van der Waals surface area contributed by atoms with Crippen LogP contribution in [0.5, 0.6) is 0 Å². The Kier molecular flexibility index (Phi) is 5.50. The number of benzene rings is 1. The topological polar surface area (TPSA) is 97.0 Å². The Morgan fingerprint density at radius 1 is 1.15 bits per heavy atom. The van der Waals surface area contributed by atoms with Crippen molar-refractivity contribution in [3.8, 4) is 5.82 Å². The minimum Gasteiger partial charge on any atom is -0.384 e. The van der Waals surface area contributed by atoms with Gasteiger partial charge in [0.2, 0.25) is 0 Å². The number of aromatic nitrogens is 4. The van der Waals surface area contributed by atoms with Crippen molar-refractivity contribution >= 4 is 22.4 Å². The van der Waals surface area contributed by atoms with E-state index in [9.17, 15) is 9.90 Å². The van der Waals surface area contributed by atoms with E-state index < -0.39 is 5.60 Å². The van der Waals surface area contributed by atoms with Gasteiger partial charge in [-0.2, -0.15) is 0 Å². The summed E-state index contributed by atoms with van der Waals surface area (Å²) in [5.74, 6) is 1.21. The molecule has 0 aliphatic carbocycles. The van der Waals surface area contributed by atoms with Crippen molar-refractivity contribution in [1.82, 2.24) is 24.6 Å². The summed E-state index contributed by atoms with van der Waals surface area (Å²) < 4.78 is 3.50. The Bertz CT molecular complexity index is 1430. The SMILES string of the molecule is CC(C)n1c(=O)c2cnc(Nc3ccc4c(c3)CNCC4)cc2n1-c1cccc(C(C)(C)O)n1. The summed E-state index contributed by atoms with van der Waals surface area (Å²) in [5.41, 5.74) is 3.62. The molecule has 0 radical (unpaired) electrons. The molecule has 0 fully saturated rings. The molecule has 0 saturated heterocycles. The van der Waals surface area contributed by atoms with Crippen molar-refractivity contribution in [2.75, 3.05) is 11.9 Å². The maximum atomic E-state index is 13.3. The number of hydrogen-bond donors (Lipinski definition) is 3. The number of pyridine rings is 2. The molecule has 0 unspecified atom stereocenters. The van der Waals surface area contributed by atoms with Crippen LogP contribution in [-0.4, -0.2) is 31.0 Å². The fourth-order valence-electron chi connectivity index (χ4n) is 4.47. The number of aliphatic hydroxyl groups is 1. The van der Waals surface area contributed by atoms with Crippen molar-refractivity contribution in [3.63, 3.8) is 0 Å². The number of hydrogen-bond acceptors (Lipinski definition) is 6. The molecule has 3 N–H and O–H groups in total. The van der Waals surface area contributed by atoms with Gasteiger partial charge in [-0.3, -0.25) is 4.79 Å². The lowest BCUT2D eigenvalue weighted by atomic mass is 10.0. The summed E-state index contributed by atoms with van der Waals surface area (Å²) in [7, 11) is 0. The number of nitrogens with one attached hydrogen (secondary N) is 2. The Labute approximate surface area is 198 Å². The summed E-state index contributed by atoms with van der Waals surface area (Å²) >= 11 is 0. The van der Waals surface area contributed by atoms with Crippen LogP contribution in [0.1, 0.15) is 50.6 Å². The molecule has 5 rings (SSSR count). The van der Waals surface area contributed by atoms with Gasteiger partial charge in [-0.25, -0.2) is 19.3 Å². The van der Waals surface area contributed by atoms with Gasteiger partial charge in [0, 0.05) is 30.5 Å². The molecule has 0 amide bonds. The molecule has 34 heavy (non-hydrogen) atoms. The third kappa shape index (κ3) is 3.99. The number of rotatable bonds is 5. The molecule has 1 aromatic carbocycles. The van der Waals surface area contributed by atoms with Gasteiger partial charge < -0.3 is 15.7 Å². The molecule has 8 nitrogen and oxygen atoms in total. The molecular weight excluding hydrogens is 428 g/mol.